The lowest BCUT2D eigenvalue weighted by atomic mass is 9.87. The van der Waals surface area contributed by atoms with Gasteiger partial charge in [-0.3, -0.25) is 0 Å². The minimum absolute atomic E-state index is 0.138. The summed E-state index contributed by atoms with van der Waals surface area (Å²) in [6.07, 6.45) is 1.43. The van der Waals surface area contributed by atoms with Gasteiger partial charge in [0.1, 0.15) is 12.0 Å². The molecule has 0 spiro atoms. The van der Waals surface area contributed by atoms with Gasteiger partial charge in [-0.15, -0.1) is 0 Å². The highest BCUT2D eigenvalue weighted by atomic mass is 35.5. The number of aromatic nitrogens is 2. The zero-order valence-electron chi connectivity index (χ0n) is 10.5. The summed E-state index contributed by atoms with van der Waals surface area (Å²) in [7, 11) is 1.96. The first-order valence-corrected chi connectivity index (χ1v) is 5.61. The summed E-state index contributed by atoms with van der Waals surface area (Å²) in [5, 5.41) is 0.304. The molecule has 0 fully saturated rings. The normalized spacial score (nSPS) is 13.6. The Morgan fingerprint density at radius 1 is 1.38 bits per heavy atom. The molecule has 0 aliphatic rings. The molecule has 1 unspecified atom stereocenters. The Hall–Kier alpha value is -1.03. The van der Waals surface area contributed by atoms with Crippen molar-refractivity contribution in [3.05, 3.63) is 11.5 Å². The summed E-state index contributed by atoms with van der Waals surface area (Å²) in [6.45, 7) is 8.66. The van der Waals surface area contributed by atoms with E-state index in [9.17, 15) is 0 Å². The number of rotatable bonds is 2. The van der Waals surface area contributed by atoms with Crippen molar-refractivity contribution in [1.82, 2.24) is 9.97 Å². The molecule has 4 nitrogen and oxygen atoms in total. The fraction of sp³-hybridized carbons (Fsp3) is 0.636. The second-order valence-corrected chi connectivity index (χ2v) is 5.41. The van der Waals surface area contributed by atoms with E-state index in [4.69, 9.17) is 17.3 Å². The molecule has 0 saturated heterocycles. The molecular weight excluding hydrogens is 224 g/mol. The molecule has 0 amide bonds. The summed E-state index contributed by atoms with van der Waals surface area (Å²) in [5.74, 6) is 0.683. The third-order valence-corrected chi connectivity index (χ3v) is 3.28. The molecule has 0 aliphatic carbocycles. The first kappa shape index (κ1) is 13.0. The van der Waals surface area contributed by atoms with Crippen molar-refractivity contribution in [3.8, 4) is 0 Å². The highest BCUT2D eigenvalue weighted by Crippen LogP contribution is 2.31. The van der Waals surface area contributed by atoms with E-state index in [1.54, 1.807) is 0 Å². The minimum atomic E-state index is 0.138. The maximum atomic E-state index is 5.87. The summed E-state index contributed by atoms with van der Waals surface area (Å²) in [4.78, 5) is 10.1. The topological polar surface area (TPSA) is 55.0 Å². The quantitative estimate of drug-likeness (QED) is 0.810. The van der Waals surface area contributed by atoms with Crippen molar-refractivity contribution in [2.45, 2.75) is 33.7 Å². The molecule has 1 aromatic rings. The van der Waals surface area contributed by atoms with Gasteiger partial charge in [0.15, 0.2) is 11.0 Å². The Morgan fingerprint density at radius 3 is 2.44 bits per heavy atom. The van der Waals surface area contributed by atoms with Crippen LogP contribution >= 0.6 is 11.6 Å². The van der Waals surface area contributed by atoms with Gasteiger partial charge in [-0.2, -0.15) is 0 Å². The van der Waals surface area contributed by atoms with Crippen molar-refractivity contribution in [1.29, 1.82) is 0 Å². The van der Waals surface area contributed by atoms with Gasteiger partial charge in [-0.25, -0.2) is 9.97 Å². The summed E-state index contributed by atoms with van der Waals surface area (Å²) in [5.41, 5.74) is 6.44. The van der Waals surface area contributed by atoms with Crippen LogP contribution in [0.4, 0.5) is 11.5 Å². The van der Waals surface area contributed by atoms with Gasteiger partial charge in [-0.05, 0) is 12.3 Å². The smallest absolute Gasteiger partial charge is 0.157 e. The van der Waals surface area contributed by atoms with Crippen LogP contribution in [0.3, 0.4) is 0 Å². The first-order chi connectivity index (χ1) is 7.25. The highest BCUT2D eigenvalue weighted by Gasteiger charge is 2.26. The molecule has 5 heteroatoms. The number of halogens is 1. The second-order valence-electron chi connectivity index (χ2n) is 5.05. The number of nitrogens with two attached hydrogens (primary N) is 1. The monoisotopic (exact) mass is 242 g/mol. The number of anilines is 2. The number of nitrogens with zero attached hydrogens (tertiary/aromatic N) is 3. The zero-order chi connectivity index (χ0) is 12.5. The van der Waals surface area contributed by atoms with Gasteiger partial charge in [0.05, 0.1) is 0 Å². The standard InChI is InChI=1S/C11H19ClN4/c1-7(11(2,3)4)16(5)10-8(13)9(12)14-6-15-10/h6-7H,13H2,1-5H3. The van der Waals surface area contributed by atoms with E-state index in [1.165, 1.54) is 6.33 Å². The summed E-state index contributed by atoms with van der Waals surface area (Å²) < 4.78 is 0. The van der Waals surface area contributed by atoms with Gasteiger partial charge in [-0.1, -0.05) is 32.4 Å². The Kier molecular flexibility index (Phi) is 3.63. The van der Waals surface area contributed by atoms with E-state index in [2.05, 4.69) is 37.7 Å². The predicted molar refractivity (Wildman–Crippen MR) is 68.8 cm³/mol. The van der Waals surface area contributed by atoms with Crippen molar-refractivity contribution < 1.29 is 0 Å². The fourth-order valence-corrected chi connectivity index (χ4v) is 1.54. The Bertz CT molecular complexity index is 373. The van der Waals surface area contributed by atoms with Crippen LogP contribution in [0.1, 0.15) is 27.7 Å². The lowest BCUT2D eigenvalue weighted by Gasteiger charge is -2.36. The molecule has 1 aromatic heterocycles. The zero-order valence-corrected chi connectivity index (χ0v) is 11.2. The third kappa shape index (κ3) is 2.55. The number of nitrogen functional groups attached to an aromatic ring is 1. The largest absolute Gasteiger partial charge is 0.393 e. The lowest BCUT2D eigenvalue weighted by molar-refractivity contribution is 0.328. The molecule has 90 valence electrons. The predicted octanol–water partition coefficient (Wildman–Crippen LogP) is 2.58. The van der Waals surface area contributed by atoms with Crippen molar-refractivity contribution in [2.24, 2.45) is 5.41 Å². The summed E-state index contributed by atoms with van der Waals surface area (Å²) in [6, 6.07) is 0.292. The second kappa shape index (κ2) is 4.45. The fourth-order valence-electron chi connectivity index (χ4n) is 1.41. The average Bonchev–Trinajstić information content (AvgIpc) is 2.18. The van der Waals surface area contributed by atoms with Crippen LogP contribution < -0.4 is 10.6 Å². The van der Waals surface area contributed by atoms with Crippen LogP contribution in [0.15, 0.2) is 6.33 Å². The Labute approximate surface area is 102 Å². The number of hydrogen-bond donors (Lipinski definition) is 1. The van der Waals surface area contributed by atoms with Gasteiger partial charge in [0.2, 0.25) is 0 Å². The van der Waals surface area contributed by atoms with Crippen LogP contribution in [0.2, 0.25) is 5.15 Å². The molecule has 0 aromatic carbocycles. The molecule has 1 atom stereocenters. The third-order valence-electron chi connectivity index (χ3n) is 2.98. The molecular formula is C11H19ClN4. The van der Waals surface area contributed by atoms with E-state index in [0.29, 0.717) is 22.7 Å². The van der Waals surface area contributed by atoms with Gasteiger partial charge in [0, 0.05) is 13.1 Å². The average molecular weight is 243 g/mol. The molecule has 0 bridgehead atoms. The molecule has 16 heavy (non-hydrogen) atoms. The van der Waals surface area contributed by atoms with Crippen LogP contribution in [-0.4, -0.2) is 23.1 Å². The lowest BCUT2D eigenvalue weighted by Crippen LogP contribution is -2.40. The Morgan fingerprint density at radius 2 is 1.94 bits per heavy atom. The first-order valence-electron chi connectivity index (χ1n) is 5.24. The number of hydrogen-bond acceptors (Lipinski definition) is 4. The van der Waals surface area contributed by atoms with E-state index in [0.717, 1.165) is 0 Å². The summed E-state index contributed by atoms with van der Waals surface area (Å²) >= 11 is 5.87. The molecule has 1 rings (SSSR count). The molecule has 2 N–H and O–H groups in total. The van der Waals surface area contributed by atoms with E-state index in [1.807, 2.05) is 11.9 Å². The van der Waals surface area contributed by atoms with Crippen LogP contribution in [-0.2, 0) is 0 Å². The van der Waals surface area contributed by atoms with Gasteiger partial charge < -0.3 is 10.6 Å². The van der Waals surface area contributed by atoms with E-state index in [-0.39, 0.29) is 5.41 Å². The molecule has 0 radical (unpaired) electrons. The van der Waals surface area contributed by atoms with Gasteiger partial charge in [0.25, 0.3) is 0 Å². The van der Waals surface area contributed by atoms with Crippen LogP contribution in [0.25, 0.3) is 0 Å². The van der Waals surface area contributed by atoms with Gasteiger partial charge >= 0.3 is 0 Å². The minimum Gasteiger partial charge on any atom is -0.393 e. The van der Waals surface area contributed by atoms with Crippen molar-refractivity contribution in [2.75, 3.05) is 17.7 Å². The highest BCUT2D eigenvalue weighted by molar-refractivity contribution is 6.32. The maximum absolute atomic E-state index is 5.87. The van der Waals surface area contributed by atoms with E-state index >= 15 is 0 Å². The van der Waals surface area contributed by atoms with Crippen molar-refractivity contribution in [3.63, 3.8) is 0 Å². The van der Waals surface area contributed by atoms with E-state index < -0.39 is 0 Å². The Balaban J connectivity index is 3.06. The molecule has 1 heterocycles. The maximum Gasteiger partial charge on any atom is 0.157 e. The van der Waals surface area contributed by atoms with Crippen LogP contribution in [0, 0.1) is 5.41 Å². The SMILES string of the molecule is CC(N(C)c1ncnc(Cl)c1N)C(C)(C)C. The van der Waals surface area contributed by atoms with Crippen LogP contribution in [0.5, 0.6) is 0 Å². The molecule has 0 aliphatic heterocycles. The molecule has 0 saturated carbocycles. The van der Waals surface area contributed by atoms with Crippen molar-refractivity contribution >= 4 is 23.1 Å².